The van der Waals surface area contributed by atoms with Gasteiger partial charge in [-0.15, -0.1) is 0 Å². The van der Waals surface area contributed by atoms with E-state index in [1.807, 2.05) is 12.1 Å². The normalized spacial score (nSPS) is 20.1. The average molecular weight is 593 g/mol. The van der Waals surface area contributed by atoms with E-state index in [-0.39, 0.29) is 30.3 Å². The second-order valence-electron chi connectivity index (χ2n) is 12.0. The van der Waals surface area contributed by atoms with Crippen molar-refractivity contribution in [2.24, 2.45) is 0 Å². The third-order valence-corrected chi connectivity index (χ3v) is 8.35. The summed E-state index contributed by atoms with van der Waals surface area (Å²) in [5, 5.41) is 7.36. The molecule has 1 aliphatic heterocycles. The summed E-state index contributed by atoms with van der Waals surface area (Å²) in [6.45, 7) is 10.2. The van der Waals surface area contributed by atoms with Crippen LogP contribution in [0.5, 0.6) is 5.75 Å². The Balaban J connectivity index is 1.07. The van der Waals surface area contributed by atoms with Crippen molar-refractivity contribution in [1.82, 2.24) is 20.0 Å². The van der Waals surface area contributed by atoms with E-state index in [1.165, 1.54) is 5.56 Å². The molecule has 2 aliphatic carbocycles. The first-order valence-electron chi connectivity index (χ1n) is 15.5. The van der Waals surface area contributed by atoms with Crippen molar-refractivity contribution >= 4 is 17.8 Å². The van der Waals surface area contributed by atoms with Gasteiger partial charge in [0.15, 0.2) is 5.78 Å². The third-order valence-electron chi connectivity index (χ3n) is 8.35. The molecule has 0 bridgehead atoms. The number of rotatable bonds is 10. The molecule has 3 aliphatic rings. The Kier molecular flexibility index (Phi) is 8.91. The van der Waals surface area contributed by atoms with Gasteiger partial charge in [-0.2, -0.15) is 5.10 Å². The van der Waals surface area contributed by atoms with Gasteiger partial charge < -0.3 is 14.8 Å². The summed E-state index contributed by atoms with van der Waals surface area (Å²) in [5.74, 6) is 0.627. The van der Waals surface area contributed by atoms with Crippen molar-refractivity contribution in [2.45, 2.75) is 58.8 Å². The number of carbonyl (C=O) groups excluding carboxylic acids is 2. The van der Waals surface area contributed by atoms with Crippen LogP contribution in [0.4, 0.5) is 0 Å². The summed E-state index contributed by atoms with van der Waals surface area (Å²) >= 11 is 0. The first-order chi connectivity index (χ1) is 21.3. The zero-order valence-electron chi connectivity index (χ0n) is 25.7. The molecule has 0 radical (unpaired) electrons. The number of amides is 1. The molecule has 0 saturated carbocycles. The van der Waals surface area contributed by atoms with Crippen LogP contribution in [-0.2, 0) is 28.9 Å². The molecule has 8 heteroatoms. The molecule has 2 atom stereocenters. The van der Waals surface area contributed by atoms with Gasteiger partial charge in [-0.3, -0.25) is 19.2 Å². The number of Topliss-reactive ketones (excluding diaryl/α,β-unsaturated/α-hetero) is 1. The maximum absolute atomic E-state index is 13.1. The molecule has 1 N–H and O–H groups in total. The van der Waals surface area contributed by atoms with Crippen molar-refractivity contribution < 1.29 is 19.1 Å². The van der Waals surface area contributed by atoms with Gasteiger partial charge in [0.25, 0.3) is 5.91 Å². The molecule has 8 nitrogen and oxygen atoms in total. The Bertz CT molecular complexity index is 1640. The number of allylic oxidation sites excluding steroid dienone is 4. The zero-order chi connectivity index (χ0) is 30.6. The fourth-order valence-electron chi connectivity index (χ4n) is 6.21. The minimum Gasteiger partial charge on any atom is -0.492 e. The molecule has 1 aromatic heterocycles. The van der Waals surface area contributed by atoms with Crippen molar-refractivity contribution in [2.75, 3.05) is 26.2 Å². The molecule has 1 amide bonds. The summed E-state index contributed by atoms with van der Waals surface area (Å²) in [6.07, 6.45) is 11.3. The molecule has 2 heterocycles. The maximum Gasteiger partial charge on any atom is 0.258 e. The first-order valence-corrected chi connectivity index (χ1v) is 15.5. The van der Waals surface area contributed by atoms with E-state index < -0.39 is 0 Å². The number of fused-ring (bicyclic) bond motifs is 1. The van der Waals surface area contributed by atoms with E-state index in [0.717, 1.165) is 54.1 Å². The van der Waals surface area contributed by atoms with Crippen LogP contribution in [0.15, 0.2) is 83.9 Å². The molecule has 2 unspecified atom stereocenters. The lowest BCUT2D eigenvalue weighted by atomic mass is 9.93. The third kappa shape index (κ3) is 7.09. The van der Waals surface area contributed by atoms with Gasteiger partial charge >= 0.3 is 0 Å². The van der Waals surface area contributed by atoms with Crippen LogP contribution in [0.25, 0.3) is 6.08 Å². The molecule has 3 aromatic rings. The summed E-state index contributed by atoms with van der Waals surface area (Å²) < 4.78 is 13.7. The summed E-state index contributed by atoms with van der Waals surface area (Å²) in [6, 6.07) is 14.5. The van der Waals surface area contributed by atoms with E-state index in [0.29, 0.717) is 36.4 Å². The number of aryl methyl sites for hydroxylation is 1. The van der Waals surface area contributed by atoms with Crippen LogP contribution < -0.4 is 10.1 Å². The highest BCUT2D eigenvalue weighted by molar-refractivity contribution is 6.04. The minimum atomic E-state index is -0.249. The SMILES string of the molecule is CCc1cccc(Cn2cc(C(=O)NC3=CCC(=O)C(C4=Cc5cc(OCCN6CC(C)OC(C)C6)ccc5C4)=C3)cn2)c1. The van der Waals surface area contributed by atoms with Crippen LogP contribution in [-0.4, -0.2) is 64.8 Å². The van der Waals surface area contributed by atoms with E-state index in [2.05, 4.69) is 72.5 Å². The van der Waals surface area contributed by atoms with Crippen LogP contribution >= 0.6 is 0 Å². The molecule has 2 aromatic carbocycles. The highest BCUT2D eigenvalue weighted by Gasteiger charge is 2.25. The van der Waals surface area contributed by atoms with Crippen LogP contribution in [0.2, 0.25) is 0 Å². The van der Waals surface area contributed by atoms with Gasteiger partial charge in [-0.25, -0.2) is 0 Å². The zero-order valence-corrected chi connectivity index (χ0v) is 25.7. The minimum absolute atomic E-state index is 0.0506. The fourth-order valence-corrected chi connectivity index (χ4v) is 6.21. The summed E-state index contributed by atoms with van der Waals surface area (Å²) in [7, 11) is 0. The number of benzene rings is 2. The number of nitrogens with one attached hydrogen (secondary N) is 1. The number of aromatic nitrogens is 2. The Labute approximate surface area is 259 Å². The molecular weight excluding hydrogens is 552 g/mol. The Morgan fingerprint density at radius 3 is 2.73 bits per heavy atom. The van der Waals surface area contributed by atoms with Gasteiger partial charge in [-0.1, -0.05) is 49.4 Å². The number of hydrogen-bond donors (Lipinski definition) is 1. The van der Waals surface area contributed by atoms with Gasteiger partial charge in [0.1, 0.15) is 12.4 Å². The summed E-state index contributed by atoms with van der Waals surface area (Å²) in [4.78, 5) is 28.4. The predicted molar refractivity (Wildman–Crippen MR) is 170 cm³/mol. The van der Waals surface area contributed by atoms with E-state index in [4.69, 9.17) is 9.47 Å². The lowest BCUT2D eigenvalue weighted by molar-refractivity contribution is -0.114. The van der Waals surface area contributed by atoms with Crippen molar-refractivity contribution in [3.8, 4) is 5.75 Å². The van der Waals surface area contributed by atoms with Gasteiger partial charge in [0.2, 0.25) is 0 Å². The van der Waals surface area contributed by atoms with E-state index in [1.54, 1.807) is 29.2 Å². The number of nitrogens with zero attached hydrogens (tertiary/aromatic N) is 3. The highest BCUT2D eigenvalue weighted by atomic mass is 16.5. The van der Waals surface area contributed by atoms with Crippen molar-refractivity contribution in [3.63, 3.8) is 0 Å². The smallest absolute Gasteiger partial charge is 0.258 e. The lowest BCUT2D eigenvalue weighted by Crippen LogP contribution is -2.46. The van der Waals surface area contributed by atoms with Crippen LogP contribution in [0, 0.1) is 0 Å². The number of morpholine rings is 1. The Morgan fingerprint density at radius 1 is 1.09 bits per heavy atom. The molecule has 228 valence electrons. The average Bonchev–Trinajstić information content (AvgIpc) is 3.65. The quantitative estimate of drug-likeness (QED) is 0.351. The van der Waals surface area contributed by atoms with Gasteiger partial charge in [0.05, 0.1) is 30.5 Å². The summed E-state index contributed by atoms with van der Waals surface area (Å²) in [5.41, 5.74) is 7.34. The first kappa shape index (κ1) is 29.8. The maximum atomic E-state index is 13.1. The lowest BCUT2D eigenvalue weighted by Gasteiger charge is -2.35. The second-order valence-corrected chi connectivity index (χ2v) is 12.0. The number of ether oxygens (including phenoxy) is 2. The van der Waals surface area contributed by atoms with E-state index in [9.17, 15) is 9.59 Å². The second kappa shape index (κ2) is 13.2. The Hall–Kier alpha value is -4.27. The molecule has 44 heavy (non-hydrogen) atoms. The predicted octanol–water partition coefficient (Wildman–Crippen LogP) is 5.13. The molecule has 0 spiro atoms. The fraction of sp³-hybridized carbons (Fsp3) is 0.361. The molecular formula is C36H40N4O4. The van der Waals surface area contributed by atoms with E-state index >= 15 is 0 Å². The van der Waals surface area contributed by atoms with Gasteiger partial charge in [-0.05, 0) is 72.7 Å². The van der Waals surface area contributed by atoms with Crippen LogP contribution in [0.1, 0.15) is 59.8 Å². The highest BCUT2D eigenvalue weighted by Crippen LogP contribution is 2.34. The number of ketones is 1. The molecule has 1 saturated heterocycles. The topological polar surface area (TPSA) is 85.7 Å². The van der Waals surface area contributed by atoms with Crippen molar-refractivity contribution in [3.05, 3.63) is 112 Å². The Morgan fingerprint density at radius 2 is 1.91 bits per heavy atom. The molecule has 6 rings (SSSR count). The van der Waals surface area contributed by atoms with Gasteiger partial charge in [0, 0.05) is 43.5 Å². The number of carbonyl (C=O) groups is 2. The monoisotopic (exact) mass is 592 g/mol. The van der Waals surface area contributed by atoms with Crippen LogP contribution in [0.3, 0.4) is 0 Å². The largest absolute Gasteiger partial charge is 0.492 e. The standard InChI is InChI=1S/C36H40N4O4/c1-4-26-6-5-7-27(14-26)22-40-23-31(19-37-40)36(42)38-32-9-11-35(41)34(18-32)30-15-28-8-10-33(17-29(28)16-30)43-13-12-39-20-24(2)44-25(3)21-39/h5-10,14,16-19,23-25H,4,11-13,15,20-22H2,1-3H3,(H,38,42). The van der Waals surface area contributed by atoms with Crippen molar-refractivity contribution in [1.29, 1.82) is 0 Å². The molecule has 1 fully saturated rings. The number of hydrogen-bond acceptors (Lipinski definition) is 6.